The molecule has 0 bridgehead atoms. The Balaban J connectivity index is 2.88. The van der Waals surface area contributed by atoms with Gasteiger partial charge in [0.15, 0.2) is 5.75 Å². The van der Waals surface area contributed by atoms with Crippen LogP contribution < -0.4 is 15.8 Å². The van der Waals surface area contributed by atoms with Crippen LogP contribution in [0.2, 0.25) is 0 Å². The molecule has 0 saturated heterocycles. The molecule has 1 aromatic rings. The molecule has 0 spiro atoms. The van der Waals surface area contributed by atoms with Crippen molar-refractivity contribution in [1.29, 1.82) is 0 Å². The average Bonchev–Trinajstić information content (AvgIpc) is 2.39. The molecule has 1 rings (SSSR count). The molecule has 3 N–H and O–H groups in total. The van der Waals surface area contributed by atoms with Gasteiger partial charge >= 0.3 is 0 Å². The Bertz CT molecular complexity index is 515. The molecule has 2 amide bonds. The van der Waals surface area contributed by atoms with Gasteiger partial charge in [0.1, 0.15) is 0 Å². The third-order valence-electron chi connectivity index (χ3n) is 2.74. The number of carbonyl (C=O) groups is 2. The minimum absolute atomic E-state index is 0.0165. The highest BCUT2D eigenvalue weighted by atomic mass is 16.5. The van der Waals surface area contributed by atoms with E-state index < -0.39 is 0 Å². The first-order chi connectivity index (χ1) is 9.86. The lowest BCUT2D eigenvalue weighted by Crippen LogP contribution is -2.41. The molecule has 21 heavy (non-hydrogen) atoms. The highest BCUT2D eigenvalue weighted by Crippen LogP contribution is 2.27. The number of ether oxygens (including phenoxy) is 1. The summed E-state index contributed by atoms with van der Waals surface area (Å²) in [5.74, 6) is -0.145. The summed E-state index contributed by atoms with van der Waals surface area (Å²) in [7, 11) is 1.57. The van der Waals surface area contributed by atoms with Crippen LogP contribution in [-0.2, 0) is 4.79 Å². The molecule has 0 aliphatic rings. The molecule has 0 unspecified atom stereocenters. The number of nitrogens with two attached hydrogens (primary N) is 1. The molecular weight excluding hydrogens is 270 g/mol. The molecule has 0 heterocycles. The van der Waals surface area contributed by atoms with E-state index in [2.05, 4.69) is 5.32 Å². The predicted octanol–water partition coefficient (Wildman–Crippen LogP) is 1.26. The number of para-hydroxylation sites is 1. The van der Waals surface area contributed by atoms with Gasteiger partial charge in [0.25, 0.3) is 5.91 Å². The van der Waals surface area contributed by atoms with E-state index in [-0.39, 0.29) is 24.4 Å². The number of carbonyl (C=O) groups excluding carboxylic acids is 2. The number of hydrogen-bond donors (Lipinski definition) is 2. The van der Waals surface area contributed by atoms with Crippen molar-refractivity contribution in [1.82, 2.24) is 10.2 Å². The minimum Gasteiger partial charge on any atom is -0.491 e. The second-order valence-corrected chi connectivity index (χ2v) is 5.04. The molecule has 0 radical (unpaired) electrons. The lowest BCUT2D eigenvalue weighted by atomic mass is 10.1. The van der Waals surface area contributed by atoms with Crippen LogP contribution >= 0.6 is 0 Å². The maximum absolute atomic E-state index is 12.4. The third kappa shape index (κ3) is 4.66. The number of rotatable bonds is 6. The standard InChI is InChI=1S/C15H23N3O3/c1-5-21-14-11(7-6-8-12(14)16)15(20)18(4)9-13(19)17-10(2)3/h6-8,10H,5,9,16H2,1-4H3,(H,17,19). The molecule has 0 aromatic heterocycles. The first kappa shape index (κ1) is 16.8. The van der Waals surface area contributed by atoms with Gasteiger partial charge in [0, 0.05) is 13.1 Å². The number of benzene rings is 1. The van der Waals surface area contributed by atoms with E-state index in [1.54, 1.807) is 25.2 Å². The average molecular weight is 293 g/mol. The Kier molecular flexibility index (Phi) is 6.02. The van der Waals surface area contributed by atoms with Crippen molar-refractivity contribution in [2.45, 2.75) is 26.8 Å². The number of hydrogen-bond acceptors (Lipinski definition) is 4. The van der Waals surface area contributed by atoms with Crippen molar-refractivity contribution < 1.29 is 14.3 Å². The van der Waals surface area contributed by atoms with Gasteiger partial charge in [-0.25, -0.2) is 0 Å². The van der Waals surface area contributed by atoms with E-state index in [0.717, 1.165) is 0 Å². The van der Waals surface area contributed by atoms with Gasteiger partial charge < -0.3 is 20.7 Å². The lowest BCUT2D eigenvalue weighted by Gasteiger charge is -2.20. The summed E-state index contributed by atoms with van der Waals surface area (Å²) in [6.45, 7) is 5.94. The van der Waals surface area contributed by atoms with E-state index in [9.17, 15) is 9.59 Å². The summed E-state index contributed by atoms with van der Waals surface area (Å²) >= 11 is 0. The molecule has 6 nitrogen and oxygen atoms in total. The second kappa shape index (κ2) is 7.52. The van der Waals surface area contributed by atoms with Crippen LogP contribution in [0, 0.1) is 0 Å². The Morgan fingerprint density at radius 3 is 2.62 bits per heavy atom. The number of amides is 2. The van der Waals surface area contributed by atoms with Crippen LogP contribution in [0.4, 0.5) is 5.69 Å². The van der Waals surface area contributed by atoms with Crippen molar-refractivity contribution in [3.63, 3.8) is 0 Å². The Morgan fingerprint density at radius 1 is 1.38 bits per heavy atom. The van der Waals surface area contributed by atoms with Crippen LogP contribution in [0.5, 0.6) is 5.75 Å². The minimum atomic E-state index is -0.301. The zero-order valence-corrected chi connectivity index (χ0v) is 13.0. The van der Waals surface area contributed by atoms with Crippen molar-refractivity contribution in [3.05, 3.63) is 23.8 Å². The smallest absolute Gasteiger partial charge is 0.257 e. The maximum atomic E-state index is 12.4. The molecule has 6 heteroatoms. The van der Waals surface area contributed by atoms with Gasteiger partial charge in [0.05, 0.1) is 24.4 Å². The molecule has 0 aliphatic heterocycles. The summed E-state index contributed by atoms with van der Waals surface area (Å²) in [4.78, 5) is 25.5. The van der Waals surface area contributed by atoms with Crippen LogP contribution in [0.3, 0.4) is 0 Å². The molecule has 0 atom stereocenters. The van der Waals surface area contributed by atoms with Gasteiger partial charge in [-0.1, -0.05) is 6.07 Å². The zero-order chi connectivity index (χ0) is 16.0. The number of anilines is 1. The number of likely N-dealkylation sites (N-methyl/N-ethyl adjacent to an activating group) is 1. The quantitative estimate of drug-likeness (QED) is 0.773. The normalized spacial score (nSPS) is 10.3. The van der Waals surface area contributed by atoms with Crippen LogP contribution in [0.1, 0.15) is 31.1 Å². The maximum Gasteiger partial charge on any atom is 0.257 e. The van der Waals surface area contributed by atoms with Gasteiger partial charge in [-0.15, -0.1) is 0 Å². The van der Waals surface area contributed by atoms with Gasteiger partial charge in [-0.05, 0) is 32.9 Å². The van der Waals surface area contributed by atoms with Gasteiger partial charge in [-0.3, -0.25) is 9.59 Å². The molecule has 0 fully saturated rings. The Hall–Kier alpha value is -2.24. The number of nitrogens with zero attached hydrogens (tertiary/aromatic N) is 1. The summed E-state index contributed by atoms with van der Waals surface area (Å²) in [5.41, 5.74) is 6.60. The summed E-state index contributed by atoms with van der Waals surface area (Å²) in [6.07, 6.45) is 0. The summed E-state index contributed by atoms with van der Waals surface area (Å²) < 4.78 is 5.44. The highest BCUT2D eigenvalue weighted by Gasteiger charge is 2.20. The monoisotopic (exact) mass is 293 g/mol. The molecular formula is C15H23N3O3. The SMILES string of the molecule is CCOc1c(N)cccc1C(=O)N(C)CC(=O)NC(C)C. The van der Waals surface area contributed by atoms with Crippen LogP contribution in [-0.4, -0.2) is 43.0 Å². The van der Waals surface area contributed by atoms with Crippen molar-refractivity contribution in [2.75, 3.05) is 25.9 Å². The fraction of sp³-hybridized carbons (Fsp3) is 0.467. The first-order valence-corrected chi connectivity index (χ1v) is 6.92. The number of nitrogens with one attached hydrogen (secondary N) is 1. The molecule has 116 valence electrons. The van der Waals surface area contributed by atoms with Crippen molar-refractivity contribution in [2.24, 2.45) is 0 Å². The topological polar surface area (TPSA) is 84.7 Å². The third-order valence-corrected chi connectivity index (χ3v) is 2.74. The Labute approximate surface area is 125 Å². The predicted molar refractivity (Wildman–Crippen MR) is 82.3 cm³/mol. The lowest BCUT2D eigenvalue weighted by molar-refractivity contribution is -0.122. The van der Waals surface area contributed by atoms with E-state index >= 15 is 0 Å². The van der Waals surface area contributed by atoms with E-state index in [0.29, 0.717) is 23.6 Å². The van der Waals surface area contributed by atoms with E-state index in [4.69, 9.17) is 10.5 Å². The van der Waals surface area contributed by atoms with Crippen molar-refractivity contribution in [3.8, 4) is 5.75 Å². The summed E-state index contributed by atoms with van der Waals surface area (Å²) in [5, 5.41) is 2.74. The van der Waals surface area contributed by atoms with Crippen LogP contribution in [0.25, 0.3) is 0 Å². The molecule has 0 aliphatic carbocycles. The fourth-order valence-corrected chi connectivity index (χ4v) is 1.89. The largest absolute Gasteiger partial charge is 0.491 e. The molecule has 0 saturated carbocycles. The van der Waals surface area contributed by atoms with Crippen molar-refractivity contribution >= 4 is 17.5 Å². The molecule has 1 aromatic carbocycles. The van der Waals surface area contributed by atoms with Crippen LogP contribution in [0.15, 0.2) is 18.2 Å². The van der Waals surface area contributed by atoms with E-state index in [1.807, 2.05) is 20.8 Å². The second-order valence-electron chi connectivity index (χ2n) is 5.04. The zero-order valence-electron chi connectivity index (χ0n) is 13.0. The first-order valence-electron chi connectivity index (χ1n) is 6.92. The van der Waals surface area contributed by atoms with Gasteiger partial charge in [-0.2, -0.15) is 0 Å². The fourth-order valence-electron chi connectivity index (χ4n) is 1.89. The van der Waals surface area contributed by atoms with Gasteiger partial charge in [0.2, 0.25) is 5.91 Å². The highest BCUT2D eigenvalue weighted by molar-refractivity contribution is 6.00. The summed E-state index contributed by atoms with van der Waals surface area (Å²) in [6, 6.07) is 5.04. The van der Waals surface area contributed by atoms with E-state index in [1.165, 1.54) is 4.90 Å². The Morgan fingerprint density at radius 2 is 2.05 bits per heavy atom. The number of nitrogen functional groups attached to an aromatic ring is 1.